The Morgan fingerprint density at radius 2 is 2.03 bits per heavy atom. The minimum atomic E-state index is -0.625. The third-order valence-electron chi connectivity index (χ3n) is 7.06. The molecule has 1 aromatic heterocycles. The predicted octanol–water partition coefficient (Wildman–Crippen LogP) is 2.88. The summed E-state index contributed by atoms with van der Waals surface area (Å²) in [6.45, 7) is 5.30. The highest BCUT2D eigenvalue weighted by molar-refractivity contribution is 5.95. The first kappa shape index (κ1) is 25.9. The molecule has 0 aliphatic heterocycles. The summed E-state index contributed by atoms with van der Waals surface area (Å²) in [7, 11) is 0. The Morgan fingerprint density at radius 1 is 1.24 bits per heavy atom. The van der Waals surface area contributed by atoms with Crippen molar-refractivity contribution in [2.24, 2.45) is 0 Å². The minimum absolute atomic E-state index is 0.127. The van der Waals surface area contributed by atoms with Crippen LogP contribution in [0.3, 0.4) is 0 Å². The van der Waals surface area contributed by atoms with Crippen molar-refractivity contribution in [1.29, 1.82) is 0 Å². The van der Waals surface area contributed by atoms with E-state index in [1.54, 1.807) is 24.5 Å². The number of anilines is 1. The molecule has 38 heavy (non-hydrogen) atoms. The third kappa shape index (κ3) is 5.74. The molecular weight excluding hydrogens is 482 g/mol. The maximum absolute atomic E-state index is 13.6. The number of nitrogens with one attached hydrogen (secondary N) is 3. The molecule has 2 fully saturated rings. The molecule has 9 heteroatoms. The van der Waals surface area contributed by atoms with Gasteiger partial charge in [0.25, 0.3) is 11.5 Å². The van der Waals surface area contributed by atoms with E-state index >= 15 is 0 Å². The number of para-hydroxylation sites is 1. The van der Waals surface area contributed by atoms with E-state index < -0.39 is 11.6 Å². The van der Waals surface area contributed by atoms with Gasteiger partial charge < -0.3 is 25.8 Å². The van der Waals surface area contributed by atoms with Gasteiger partial charge in [-0.15, -0.1) is 0 Å². The molecule has 1 amide bonds. The fraction of sp³-hybridized carbons (Fsp3) is 0.414. The average molecular weight is 518 g/mol. The Kier molecular flexibility index (Phi) is 7.49. The molecule has 2 aliphatic rings. The number of likely N-dealkylation sites (N-methyl/N-ethyl adjacent to an activating group) is 1. The zero-order chi connectivity index (χ0) is 26.7. The second-order valence-electron chi connectivity index (χ2n) is 10.2. The largest absolute Gasteiger partial charge is 0.490 e. The summed E-state index contributed by atoms with van der Waals surface area (Å²) in [6, 6.07) is 13.4. The van der Waals surface area contributed by atoms with E-state index in [0.717, 1.165) is 43.4 Å². The fourth-order valence-electron chi connectivity index (χ4n) is 4.55. The second-order valence-corrected chi connectivity index (χ2v) is 10.2. The smallest absolute Gasteiger partial charge is 0.297 e. The first-order valence-corrected chi connectivity index (χ1v) is 13.3. The van der Waals surface area contributed by atoms with E-state index in [1.165, 1.54) is 4.57 Å². The fourth-order valence-corrected chi connectivity index (χ4v) is 4.55. The van der Waals surface area contributed by atoms with Crippen LogP contribution in [0.25, 0.3) is 5.69 Å². The number of rotatable bonds is 12. The quantitative estimate of drug-likeness (QED) is 0.292. The molecule has 5 rings (SSSR count). The zero-order valence-corrected chi connectivity index (χ0v) is 21.9. The lowest BCUT2D eigenvalue weighted by Gasteiger charge is -2.23. The van der Waals surface area contributed by atoms with Crippen molar-refractivity contribution in [2.45, 2.75) is 57.2 Å². The van der Waals surface area contributed by atoms with Crippen LogP contribution in [0.2, 0.25) is 0 Å². The number of aromatic nitrogens is 2. The number of amides is 1. The Balaban J connectivity index is 1.38. The van der Waals surface area contributed by atoms with Crippen molar-refractivity contribution < 1.29 is 14.6 Å². The van der Waals surface area contributed by atoms with Crippen molar-refractivity contribution in [3.8, 4) is 11.4 Å². The first-order valence-electron chi connectivity index (χ1n) is 13.3. The predicted molar refractivity (Wildman–Crippen MR) is 146 cm³/mol. The maximum atomic E-state index is 13.6. The van der Waals surface area contributed by atoms with Gasteiger partial charge >= 0.3 is 0 Å². The van der Waals surface area contributed by atoms with Crippen LogP contribution in [0.1, 0.15) is 54.1 Å². The molecule has 0 spiro atoms. The summed E-state index contributed by atoms with van der Waals surface area (Å²) in [5.74, 6) is 0.784. The molecule has 1 heterocycles. The Bertz CT molecular complexity index is 1360. The second kappa shape index (κ2) is 11.0. The highest BCUT2D eigenvalue weighted by Crippen LogP contribution is 2.50. The number of hydrogen-bond donors (Lipinski definition) is 4. The molecule has 1 atom stereocenters. The normalized spacial score (nSPS) is 16.5. The molecule has 2 saturated carbocycles. The molecular formula is C29H35N5O4. The third-order valence-corrected chi connectivity index (χ3v) is 7.06. The summed E-state index contributed by atoms with van der Waals surface area (Å²) in [5.41, 5.74) is 2.21. The lowest BCUT2D eigenvalue weighted by molar-refractivity contribution is 0.0951. The topological polar surface area (TPSA) is 118 Å². The lowest BCUT2D eigenvalue weighted by Crippen LogP contribution is -2.32. The van der Waals surface area contributed by atoms with E-state index in [9.17, 15) is 14.7 Å². The van der Waals surface area contributed by atoms with Gasteiger partial charge in [0.2, 0.25) is 0 Å². The highest BCUT2D eigenvalue weighted by Gasteiger charge is 2.47. The monoisotopic (exact) mass is 517 g/mol. The Labute approximate surface area is 222 Å². The summed E-state index contributed by atoms with van der Waals surface area (Å²) in [6.07, 6.45) is 6.25. The standard InChI is InChI=1S/C29H35N5O4/c1-3-30-17-22(35)18-38-25-7-5-4-6-23(25)29(12-13-29)33-26-28(37)34(15-14-31-26)24-16-20(9-8-19(24)2)27(36)32-21-10-11-21/h4-9,14-16,21-22,30,35H,3,10-13,17-18H2,1-2H3,(H,31,33)(H,32,36)/t22-/m0/s1. The van der Waals surface area contributed by atoms with Crippen molar-refractivity contribution in [1.82, 2.24) is 20.2 Å². The van der Waals surface area contributed by atoms with Gasteiger partial charge in [0.1, 0.15) is 18.5 Å². The molecule has 9 nitrogen and oxygen atoms in total. The van der Waals surface area contributed by atoms with Crippen LogP contribution >= 0.6 is 0 Å². The van der Waals surface area contributed by atoms with E-state index in [0.29, 0.717) is 23.5 Å². The van der Waals surface area contributed by atoms with Gasteiger partial charge in [-0.25, -0.2) is 4.98 Å². The number of carbonyl (C=O) groups is 1. The van der Waals surface area contributed by atoms with Gasteiger partial charge in [-0.3, -0.25) is 14.2 Å². The SMILES string of the molecule is CCNC[C@H](O)COc1ccccc1C1(Nc2nccn(-c3cc(C(=O)NC4CC4)ccc3C)c2=O)CC1. The maximum Gasteiger partial charge on any atom is 0.297 e. The Morgan fingerprint density at radius 3 is 2.76 bits per heavy atom. The van der Waals surface area contributed by atoms with Crippen LogP contribution in [0.15, 0.2) is 59.7 Å². The van der Waals surface area contributed by atoms with Crippen LogP contribution in [-0.4, -0.2) is 52.4 Å². The molecule has 0 radical (unpaired) electrons. The summed E-state index contributed by atoms with van der Waals surface area (Å²) in [4.78, 5) is 30.6. The van der Waals surface area contributed by atoms with Gasteiger partial charge in [-0.1, -0.05) is 31.2 Å². The molecule has 200 valence electrons. The first-order chi connectivity index (χ1) is 18.4. The van der Waals surface area contributed by atoms with Gasteiger partial charge in [-0.2, -0.15) is 0 Å². The lowest BCUT2D eigenvalue weighted by atomic mass is 10.0. The number of aryl methyl sites for hydroxylation is 1. The number of hydrogen-bond acceptors (Lipinski definition) is 7. The number of aliphatic hydroxyl groups excluding tert-OH is 1. The van der Waals surface area contributed by atoms with Crippen LogP contribution in [0, 0.1) is 6.92 Å². The molecule has 2 aromatic carbocycles. The summed E-state index contributed by atoms with van der Waals surface area (Å²) < 4.78 is 7.53. The van der Waals surface area contributed by atoms with Crippen molar-refractivity contribution in [3.05, 3.63) is 81.9 Å². The Hall–Kier alpha value is -3.69. The number of carbonyl (C=O) groups excluding carboxylic acids is 1. The van der Waals surface area contributed by atoms with E-state index in [1.807, 2.05) is 44.2 Å². The molecule has 3 aromatic rings. The molecule has 2 aliphatic carbocycles. The van der Waals surface area contributed by atoms with Gasteiger partial charge in [0.15, 0.2) is 5.82 Å². The number of nitrogens with zero attached hydrogens (tertiary/aromatic N) is 2. The molecule has 0 unspecified atom stereocenters. The van der Waals surface area contributed by atoms with Crippen molar-refractivity contribution in [3.63, 3.8) is 0 Å². The summed E-state index contributed by atoms with van der Waals surface area (Å²) in [5, 5.41) is 19.7. The van der Waals surface area contributed by atoms with Gasteiger partial charge in [-0.05, 0) is 62.9 Å². The van der Waals surface area contributed by atoms with Crippen molar-refractivity contribution >= 4 is 11.7 Å². The van der Waals surface area contributed by atoms with Crippen LogP contribution in [-0.2, 0) is 5.54 Å². The van der Waals surface area contributed by atoms with Gasteiger partial charge in [0, 0.05) is 36.1 Å². The molecule has 4 N–H and O–H groups in total. The average Bonchev–Trinajstić information content (AvgIpc) is 3.86. The van der Waals surface area contributed by atoms with E-state index in [4.69, 9.17) is 4.74 Å². The summed E-state index contributed by atoms with van der Waals surface area (Å²) >= 11 is 0. The van der Waals surface area contributed by atoms with E-state index in [2.05, 4.69) is 20.9 Å². The zero-order valence-electron chi connectivity index (χ0n) is 21.9. The van der Waals surface area contributed by atoms with Crippen molar-refractivity contribution in [2.75, 3.05) is 25.0 Å². The molecule has 0 bridgehead atoms. The number of benzene rings is 2. The van der Waals surface area contributed by atoms with Crippen LogP contribution in [0.4, 0.5) is 5.82 Å². The minimum Gasteiger partial charge on any atom is -0.490 e. The van der Waals surface area contributed by atoms with Gasteiger partial charge in [0.05, 0.1) is 11.2 Å². The number of aliphatic hydroxyl groups is 1. The highest BCUT2D eigenvalue weighted by atomic mass is 16.5. The number of ether oxygens (including phenoxy) is 1. The van der Waals surface area contributed by atoms with Crippen LogP contribution < -0.4 is 26.2 Å². The van der Waals surface area contributed by atoms with Crippen LogP contribution in [0.5, 0.6) is 5.75 Å². The van der Waals surface area contributed by atoms with E-state index in [-0.39, 0.29) is 29.9 Å². The molecule has 0 saturated heterocycles.